The number of aromatic nitrogens is 2. The molecule has 3 aromatic rings. The number of nitrogens with zero attached hydrogens (tertiary/aromatic N) is 4. The van der Waals surface area contributed by atoms with Crippen molar-refractivity contribution >= 4 is 46.4 Å². The molecule has 2 aromatic carbocycles. The second-order valence-electron chi connectivity index (χ2n) is 6.54. The SMILES string of the molecule is O=C(Cc1ccc([N+](=O)[O-])cc1)NNc1ncnc(NNC(=O)c2ccc(Cl)cc2)c1[N+](=O)[O-]. The first-order chi connectivity index (χ1) is 16.2. The number of amides is 2. The maximum Gasteiger partial charge on any atom is 0.356 e. The van der Waals surface area contributed by atoms with Crippen molar-refractivity contribution in [1.82, 2.24) is 20.8 Å². The number of anilines is 2. The van der Waals surface area contributed by atoms with Gasteiger partial charge in [-0.1, -0.05) is 23.7 Å². The highest BCUT2D eigenvalue weighted by Crippen LogP contribution is 2.27. The summed E-state index contributed by atoms with van der Waals surface area (Å²) in [6, 6.07) is 11.3. The Morgan fingerprint density at radius 1 is 0.853 bits per heavy atom. The summed E-state index contributed by atoms with van der Waals surface area (Å²) in [5.41, 5.74) is 9.19. The maximum absolute atomic E-state index is 12.2. The van der Waals surface area contributed by atoms with Crippen molar-refractivity contribution in [2.24, 2.45) is 0 Å². The number of carbonyl (C=O) groups excluding carboxylic acids is 2. The normalized spacial score (nSPS) is 10.1. The smallest absolute Gasteiger partial charge is 0.276 e. The average molecular weight is 487 g/mol. The molecule has 0 bridgehead atoms. The van der Waals surface area contributed by atoms with E-state index in [4.69, 9.17) is 11.6 Å². The number of non-ortho nitro benzene ring substituents is 1. The molecule has 0 radical (unpaired) electrons. The van der Waals surface area contributed by atoms with Crippen LogP contribution < -0.4 is 21.7 Å². The van der Waals surface area contributed by atoms with Crippen molar-refractivity contribution in [1.29, 1.82) is 0 Å². The van der Waals surface area contributed by atoms with Crippen LogP contribution in [-0.4, -0.2) is 31.6 Å². The fourth-order valence-electron chi connectivity index (χ4n) is 2.62. The summed E-state index contributed by atoms with van der Waals surface area (Å²) < 4.78 is 0. The molecular weight excluding hydrogens is 472 g/mol. The van der Waals surface area contributed by atoms with Gasteiger partial charge in [0.15, 0.2) is 0 Å². The van der Waals surface area contributed by atoms with Gasteiger partial charge in [-0.05, 0) is 29.8 Å². The third kappa shape index (κ3) is 6.10. The molecule has 1 heterocycles. The quantitative estimate of drug-likeness (QED) is 0.257. The van der Waals surface area contributed by atoms with Gasteiger partial charge in [-0.2, -0.15) is 0 Å². The van der Waals surface area contributed by atoms with E-state index >= 15 is 0 Å². The minimum atomic E-state index is -0.804. The molecule has 3 rings (SSSR count). The first-order valence-corrected chi connectivity index (χ1v) is 9.72. The molecule has 34 heavy (non-hydrogen) atoms. The van der Waals surface area contributed by atoms with Crippen LogP contribution in [0.3, 0.4) is 0 Å². The standard InChI is InChI=1S/C19H15ClN8O6/c20-13-5-3-12(4-6-13)19(30)26-25-18-16(28(33)34)17(21-10-22-18)24-23-15(29)9-11-1-7-14(8-2-11)27(31)32/h1-8,10H,9H2,(H,23,29)(H,26,30)(H2,21,22,24,25). The molecule has 0 spiro atoms. The first-order valence-electron chi connectivity index (χ1n) is 9.34. The maximum atomic E-state index is 12.2. The zero-order chi connectivity index (χ0) is 24.7. The van der Waals surface area contributed by atoms with E-state index in [9.17, 15) is 29.8 Å². The summed E-state index contributed by atoms with van der Waals surface area (Å²) in [7, 11) is 0. The Bertz CT molecular complexity index is 1240. The Balaban J connectivity index is 1.65. The monoisotopic (exact) mass is 486 g/mol. The summed E-state index contributed by atoms with van der Waals surface area (Å²) in [6.45, 7) is 0. The molecule has 0 fully saturated rings. The molecule has 174 valence electrons. The van der Waals surface area contributed by atoms with Gasteiger partial charge in [-0.3, -0.25) is 51.5 Å². The minimum Gasteiger partial charge on any atom is -0.276 e. The van der Waals surface area contributed by atoms with Crippen LogP contribution in [0.4, 0.5) is 23.0 Å². The number of hydrazine groups is 2. The van der Waals surface area contributed by atoms with E-state index in [0.717, 1.165) is 6.33 Å². The summed E-state index contributed by atoms with van der Waals surface area (Å²) in [4.78, 5) is 52.8. The van der Waals surface area contributed by atoms with Crippen molar-refractivity contribution in [3.8, 4) is 0 Å². The van der Waals surface area contributed by atoms with Crippen molar-refractivity contribution in [2.45, 2.75) is 6.42 Å². The fourth-order valence-corrected chi connectivity index (χ4v) is 2.74. The molecule has 4 N–H and O–H groups in total. The molecule has 0 aliphatic heterocycles. The van der Waals surface area contributed by atoms with Crippen LogP contribution in [0, 0.1) is 20.2 Å². The van der Waals surface area contributed by atoms with Crippen LogP contribution in [0.2, 0.25) is 5.02 Å². The third-order valence-corrected chi connectivity index (χ3v) is 4.49. The van der Waals surface area contributed by atoms with Gasteiger partial charge in [-0.15, -0.1) is 0 Å². The van der Waals surface area contributed by atoms with Crippen LogP contribution >= 0.6 is 11.6 Å². The van der Waals surface area contributed by atoms with Crippen molar-refractivity contribution < 1.29 is 19.4 Å². The molecule has 0 saturated carbocycles. The van der Waals surface area contributed by atoms with Gasteiger partial charge in [0.2, 0.25) is 17.5 Å². The number of nitrogens with one attached hydrogen (secondary N) is 4. The van der Waals surface area contributed by atoms with Gasteiger partial charge in [0.25, 0.3) is 11.6 Å². The molecule has 15 heteroatoms. The van der Waals surface area contributed by atoms with E-state index in [1.54, 1.807) is 0 Å². The lowest BCUT2D eigenvalue weighted by Crippen LogP contribution is -2.32. The van der Waals surface area contributed by atoms with Crippen LogP contribution in [0.15, 0.2) is 54.9 Å². The number of carbonyl (C=O) groups is 2. The Kier molecular flexibility index (Phi) is 7.45. The summed E-state index contributed by atoms with van der Waals surface area (Å²) in [5, 5.41) is 22.7. The molecular formula is C19H15ClN8O6. The number of benzene rings is 2. The zero-order valence-electron chi connectivity index (χ0n) is 17.0. The molecule has 0 saturated heterocycles. The number of nitro groups is 2. The van der Waals surface area contributed by atoms with Crippen molar-refractivity contribution in [3.05, 3.63) is 91.2 Å². The summed E-state index contributed by atoms with van der Waals surface area (Å²) >= 11 is 5.78. The lowest BCUT2D eigenvalue weighted by Gasteiger charge is -2.11. The van der Waals surface area contributed by atoms with E-state index in [-0.39, 0.29) is 29.3 Å². The third-order valence-electron chi connectivity index (χ3n) is 4.24. The molecule has 2 amide bonds. The predicted molar refractivity (Wildman–Crippen MR) is 120 cm³/mol. The highest BCUT2D eigenvalue weighted by molar-refractivity contribution is 6.30. The number of nitro benzene ring substituents is 1. The van der Waals surface area contributed by atoms with Crippen molar-refractivity contribution in [2.75, 3.05) is 10.9 Å². The Hall–Kier alpha value is -4.85. The van der Waals surface area contributed by atoms with E-state index in [0.29, 0.717) is 10.6 Å². The Labute approximate surface area is 195 Å². The van der Waals surface area contributed by atoms with Crippen LogP contribution in [0.1, 0.15) is 15.9 Å². The fraction of sp³-hybridized carbons (Fsp3) is 0.0526. The number of hydrogen-bond donors (Lipinski definition) is 4. The second kappa shape index (κ2) is 10.6. The average Bonchev–Trinajstić information content (AvgIpc) is 2.81. The van der Waals surface area contributed by atoms with Crippen LogP contribution in [-0.2, 0) is 11.2 Å². The Morgan fingerprint density at radius 3 is 2.00 bits per heavy atom. The largest absolute Gasteiger partial charge is 0.356 e. The lowest BCUT2D eigenvalue weighted by molar-refractivity contribution is -0.384. The van der Waals surface area contributed by atoms with E-state index in [2.05, 4.69) is 31.7 Å². The number of hydrogen-bond acceptors (Lipinski definition) is 10. The highest BCUT2D eigenvalue weighted by Gasteiger charge is 2.24. The molecule has 14 nitrogen and oxygen atoms in total. The topological polar surface area (TPSA) is 194 Å². The van der Waals surface area contributed by atoms with E-state index in [1.807, 2.05) is 0 Å². The van der Waals surface area contributed by atoms with Gasteiger partial charge < -0.3 is 0 Å². The van der Waals surface area contributed by atoms with E-state index < -0.39 is 27.3 Å². The van der Waals surface area contributed by atoms with Crippen molar-refractivity contribution in [3.63, 3.8) is 0 Å². The molecule has 0 aliphatic rings. The predicted octanol–water partition coefficient (Wildman–Crippen LogP) is 2.39. The zero-order valence-corrected chi connectivity index (χ0v) is 17.8. The molecule has 0 unspecified atom stereocenters. The second-order valence-corrected chi connectivity index (χ2v) is 6.97. The van der Waals surface area contributed by atoms with Crippen LogP contribution in [0.25, 0.3) is 0 Å². The van der Waals surface area contributed by atoms with Gasteiger partial charge in [-0.25, -0.2) is 9.97 Å². The van der Waals surface area contributed by atoms with Gasteiger partial charge in [0.1, 0.15) is 6.33 Å². The highest BCUT2D eigenvalue weighted by atomic mass is 35.5. The van der Waals surface area contributed by atoms with Gasteiger partial charge >= 0.3 is 5.69 Å². The molecule has 0 aliphatic carbocycles. The molecule has 0 atom stereocenters. The summed E-state index contributed by atoms with van der Waals surface area (Å²) in [6.07, 6.45) is 0.820. The Morgan fingerprint density at radius 2 is 1.44 bits per heavy atom. The molecule has 1 aromatic heterocycles. The van der Waals surface area contributed by atoms with Gasteiger partial charge in [0, 0.05) is 22.7 Å². The summed E-state index contributed by atoms with van der Waals surface area (Å²) in [5.74, 6) is -1.88. The van der Waals surface area contributed by atoms with Crippen LogP contribution in [0.5, 0.6) is 0 Å². The minimum absolute atomic E-state index is 0.123. The van der Waals surface area contributed by atoms with E-state index in [1.165, 1.54) is 48.5 Å². The number of halogens is 1. The van der Waals surface area contributed by atoms with Gasteiger partial charge in [0.05, 0.1) is 16.3 Å². The lowest BCUT2D eigenvalue weighted by atomic mass is 10.1. The number of rotatable bonds is 9. The first kappa shape index (κ1) is 23.8.